The van der Waals surface area contributed by atoms with Crippen molar-refractivity contribution in [2.24, 2.45) is 16.5 Å². The van der Waals surface area contributed by atoms with Gasteiger partial charge in [0, 0.05) is 17.6 Å². The molecule has 24 heavy (non-hydrogen) atoms. The van der Waals surface area contributed by atoms with Gasteiger partial charge in [-0.25, -0.2) is 13.9 Å². The Morgan fingerprint density at radius 3 is 2.71 bits per heavy atom. The maximum absolute atomic E-state index is 12.7. The zero-order valence-electron chi connectivity index (χ0n) is 13.4. The molecule has 2 aromatic rings. The molecule has 128 valence electrons. The molecule has 0 radical (unpaired) electrons. The van der Waals surface area contributed by atoms with Gasteiger partial charge >= 0.3 is 0 Å². The average Bonchev–Trinajstić information content (AvgIpc) is 2.58. The summed E-state index contributed by atoms with van der Waals surface area (Å²) in [6, 6.07) is 5.98. The molecule has 3 rings (SSSR count). The zero-order chi connectivity index (χ0) is 17.1. The van der Waals surface area contributed by atoms with Crippen molar-refractivity contribution in [2.45, 2.75) is 43.0 Å². The Kier molecular flexibility index (Phi) is 5.43. The first kappa shape index (κ1) is 17.3. The van der Waals surface area contributed by atoms with Crippen LogP contribution in [0.3, 0.4) is 0 Å². The van der Waals surface area contributed by atoms with Crippen molar-refractivity contribution in [1.29, 1.82) is 0 Å². The summed E-state index contributed by atoms with van der Waals surface area (Å²) in [5, 5.41) is 2.69. The van der Waals surface area contributed by atoms with E-state index in [-0.39, 0.29) is 5.96 Å². The second-order valence-corrected chi connectivity index (χ2v) is 7.87. The quantitative estimate of drug-likeness (QED) is 0.436. The lowest BCUT2D eigenvalue weighted by molar-refractivity contribution is 0.419. The van der Waals surface area contributed by atoms with Gasteiger partial charge in [0.2, 0.25) is 0 Å². The van der Waals surface area contributed by atoms with Crippen LogP contribution < -0.4 is 21.5 Å². The van der Waals surface area contributed by atoms with Gasteiger partial charge in [-0.05, 0) is 35.7 Å². The first-order chi connectivity index (χ1) is 11.5. The number of hydrogen-bond donors (Lipinski definition) is 3. The van der Waals surface area contributed by atoms with Gasteiger partial charge in [0.05, 0.1) is 4.90 Å². The van der Waals surface area contributed by atoms with Crippen LogP contribution in [0.25, 0.3) is 10.8 Å². The van der Waals surface area contributed by atoms with Crippen LogP contribution in [0.2, 0.25) is 0 Å². The summed E-state index contributed by atoms with van der Waals surface area (Å²) in [5.74, 6) is 0.389. The SMILES string of the molecule is NC(N)=Nc1ncc(P)c2ccc(S(=O)NC3CCCCC3)cc12. The molecule has 0 amide bonds. The van der Waals surface area contributed by atoms with Crippen molar-refractivity contribution < 1.29 is 4.21 Å². The molecule has 2 atom stereocenters. The number of hydrogen-bond acceptors (Lipinski definition) is 3. The number of fused-ring (bicyclic) bond motifs is 1. The van der Waals surface area contributed by atoms with E-state index in [0.717, 1.165) is 28.9 Å². The van der Waals surface area contributed by atoms with Crippen LogP contribution >= 0.6 is 9.24 Å². The first-order valence-corrected chi connectivity index (χ1v) is 9.73. The normalized spacial score (nSPS) is 16.9. The highest BCUT2D eigenvalue weighted by molar-refractivity contribution is 7.83. The fourth-order valence-corrected chi connectivity index (χ4v) is 4.41. The number of nitrogens with one attached hydrogen (secondary N) is 1. The Hall–Kier alpha value is -1.56. The van der Waals surface area contributed by atoms with Gasteiger partial charge in [-0.1, -0.05) is 25.3 Å². The van der Waals surface area contributed by atoms with Crippen LogP contribution in [-0.2, 0) is 11.0 Å². The average molecular weight is 363 g/mol. The summed E-state index contributed by atoms with van der Waals surface area (Å²) in [7, 11) is 1.38. The molecular weight excluding hydrogens is 341 g/mol. The number of aromatic nitrogens is 1. The highest BCUT2D eigenvalue weighted by atomic mass is 32.2. The molecule has 2 unspecified atom stereocenters. The third kappa shape index (κ3) is 3.91. The van der Waals surface area contributed by atoms with Crippen LogP contribution in [0.1, 0.15) is 32.1 Å². The summed E-state index contributed by atoms with van der Waals surface area (Å²) in [6.45, 7) is 0. The van der Waals surface area contributed by atoms with Crippen molar-refractivity contribution in [3.8, 4) is 0 Å². The van der Waals surface area contributed by atoms with E-state index >= 15 is 0 Å². The Morgan fingerprint density at radius 2 is 2.00 bits per heavy atom. The van der Waals surface area contributed by atoms with Gasteiger partial charge in [-0.15, -0.1) is 9.24 Å². The molecule has 1 aromatic carbocycles. The maximum atomic E-state index is 12.7. The second kappa shape index (κ2) is 7.55. The standard InChI is InChI=1S/C16H22N5OPS/c17-16(18)20-15-13-8-11(6-7-12(13)14(23)9-19-15)24(22)21-10-4-2-1-3-5-10/h6-10,21H,1-5,23H2,(H4,17,18,19,20). The van der Waals surface area contributed by atoms with Crippen molar-refractivity contribution in [2.75, 3.05) is 0 Å². The number of nitrogens with two attached hydrogens (primary N) is 2. The summed E-state index contributed by atoms with van der Waals surface area (Å²) < 4.78 is 15.9. The molecule has 1 saturated carbocycles. The van der Waals surface area contributed by atoms with E-state index in [1.165, 1.54) is 19.3 Å². The molecule has 0 spiro atoms. The molecule has 1 fully saturated rings. The number of nitrogens with zero attached hydrogens (tertiary/aromatic N) is 2. The fraction of sp³-hybridized carbons (Fsp3) is 0.375. The highest BCUT2D eigenvalue weighted by Crippen LogP contribution is 2.26. The lowest BCUT2D eigenvalue weighted by atomic mass is 9.96. The van der Waals surface area contributed by atoms with Gasteiger partial charge in [-0.3, -0.25) is 0 Å². The molecule has 0 bridgehead atoms. The van der Waals surface area contributed by atoms with E-state index in [1.807, 2.05) is 18.2 Å². The fourth-order valence-electron chi connectivity index (χ4n) is 3.00. The minimum absolute atomic E-state index is 0.0489. The molecule has 8 heteroatoms. The Labute approximate surface area is 146 Å². The van der Waals surface area contributed by atoms with E-state index in [0.29, 0.717) is 16.8 Å². The zero-order valence-corrected chi connectivity index (χ0v) is 15.3. The smallest absolute Gasteiger partial charge is 0.192 e. The Balaban J connectivity index is 1.94. The molecule has 5 N–H and O–H groups in total. The van der Waals surface area contributed by atoms with Gasteiger partial charge < -0.3 is 11.5 Å². The van der Waals surface area contributed by atoms with Gasteiger partial charge in [0.1, 0.15) is 11.0 Å². The van der Waals surface area contributed by atoms with Crippen molar-refractivity contribution in [3.63, 3.8) is 0 Å². The number of benzene rings is 1. The minimum atomic E-state index is -1.26. The van der Waals surface area contributed by atoms with Crippen molar-refractivity contribution in [3.05, 3.63) is 24.4 Å². The molecule has 1 aliphatic rings. The predicted octanol–water partition coefficient (Wildman–Crippen LogP) is 1.58. The largest absolute Gasteiger partial charge is 0.370 e. The number of guanidine groups is 1. The van der Waals surface area contributed by atoms with Crippen LogP contribution in [-0.4, -0.2) is 21.2 Å². The van der Waals surface area contributed by atoms with Crippen molar-refractivity contribution in [1.82, 2.24) is 9.71 Å². The second-order valence-electron chi connectivity index (χ2n) is 6.00. The lowest BCUT2D eigenvalue weighted by Crippen LogP contribution is -2.32. The highest BCUT2D eigenvalue weighted by Gasteiger charge is 2.17. The Morgan fingerprint density at radius 1 is 1.25 bits per heavy atom. The van der Waals surface area contributed by atoms with Crippen LogP contribution in [0.5, 0.6) is 0 Å². The van der Waals surface area contributed by atoms with Crippen LogP contribution in [0.4, 0.5) is 5.82 Å². The van der Waals surface area contributed by atoms with Gasteiger partial charge in [0.15, 0.2) is 11.8 Å². The molecule has 0 aliphatic heterocycles. The topological polar surface area (TPSA) is 106 Å². The number of aliphatic imine (C=N–C) groups is 1. The molecule has 0 saturated heterocycles. The third-order valence-corrected chi connectivity index (χ3v) is 5.89. The van der Waals surface area contributed by atoms with Crippen molar-refractivity contribution >= 4 is 48.1 Å². The van der Waals surface area contributed by atoms with E-state index in [2.05, 4.69) is 23.9 Å². The number of rotatable bonds is 4. The third-order valence-electron chi connectivity index (χ3n) is 4.20. The summed E-state index contributed by atoms with van der Waals surface area (Å²) >= 11 is 0. The van der Waals surface area contributed by atoms with E-state index in [9.17, 15) is 4.21 Å². The molecule has 1 aliphatic carbocycles. The number of pyridine rings is 1. The minimum Gasteiger partial charge on any atom is -0.370 e. The lowest BCUT2D eigenvalue weighted by Gasteiger charge is -2.22. The van der Waals surface area contributed by atoms with Crippen LogP contribution in [0.15, 0.2) is 34.3 Å². The molecule has 6 nitrogen and oxygen atoms in total. The maximum Gasteiger partial charge on any atom is 0.192 e. The van der Waals surface area contributed by atoms with E-state index < -0.39 is 11.0 Å². The monoisotopic (exact) mass is 363 g/mol. The van der Waals surface area contributed by atoms with Gasteiger partial charge in [0.25, 0.3) is 0 Å². The van der Waals surface area contributed by atoms with E-state index in [4.69, 9.17) is 11.5 Å². The Bertz CT molecular complexity index is 800. The summed E-state index contributed by atoms with van der Waals surface area (Å²) in [4.78, 5) is 9.06. The summed E-state index contributed by atoms with van der Waals surface area (Å²) in [5.41, 5.74) is 11.0. The van der Waals surface area contributed by atoms with E-state index in [1.54, 1.807) is 6.20 Å². The molecule has 1 aromatic heterocycles. The molecular formula is C16H22N5OPS. The van der Waals surface area contributed by atoms with Crippen LogP contribution in [0, 0.1) is 0 Å². The van der Waals surface area contributed by atoms with Gasteiger partial charge in [-0.2, -0.15) is 4.99 Å². The summed E-state index contributed by atoms with van der Waals surface area (Å²) in [6.07, 6.45) is 7.52. The first-order valence-electron chi connectivity index (χ1n) is 8.00. The predicted molar refractivity (Wildman–Crippen MR) is 103 cm³/mol. The molecule has 1 heterocycles.